The summed E-state index contributed by atoms with van der Waals surface area (Å²) in [7, 11) is 0. The number of piperidine rings is 1. The number of likely N-dealkylation sites (tertiary alicyclic amines) is 2. The van der Waals surface area contributed by atoms with E-state index in [-0.39, 0.29) is 5.56 Å². The maximum absolute atomic E-state index is 13.4. The van der Waals surface area contributed by atoms with Gasteiger partial charge in [0, 0.05) is 74.3 Å². The van der Waals surface area contributed by atoms with Gasteiger partial charge in [0.05, 0.1) is 13.2 Å². The zero-order valence-corrected chi connectivity index (χ0v) is 18.1. The fourth-order valence-electron chi connectivity index (χ4n) is 6.65. The van der Waals surface area contributed by atoms with Crippen molar-refractivity contribution in [2.24, 2.45) is 17.8 Å². The molecule has 1 aromatic heterocycles. The smallest absolute Gasteiger partial charge is 0.255 e. The minimum atomic E-state index is 0.285. The summed E-state index contributed by atoms with van der Waals surface area (Å²) in [5.41, 5.74) is 2.58. The van der Waals surface area contributed by atoms with Crippen LogP contribution in [0.5, 0.6) is 0 Å². The Hall–Kier alpha value is -0.820. The van der Waals surface area contributed by atoms with Crippen LogP contribution in [0.2, 0.25) is 0 Å². The molecule has 0 amide bonds. The minimum Gasteiger partial charge on any atom is -0.381 e. The van der Waals surface area contributed by atoms with E-state index >= 15 is 0 Å². The van der Waals surface area contributed by atoms with E-state index in [1.165, 1.54) is 43.0 Å². The molecule has 1 aromatic rings. The Kier molecular flexibility index (Phi) is 5.02. The van der Waals surface area contributed by atoms with Crippen LogP contribution in [0.25, 0.3) is 0 Å². The lowest BCUT2D eigenvalue weighted by Crippen LogP contribution is -2.51. The molecule has 29 heavy (non-hydrogen) atoms. The third-order valence-electron chi connectivity index (χ3n) is 8.13. The maximum Gasteiger partial charge on any atom is 0.255 e. The molecule has 6 heteroatoms. The quantitative estimate of drug-likeness (QED) is 0.757. The van der Waals surface area contributed by atoms with Gasteiger partial charge in [0.15, 0.2) is 0 Å². The monoisotopic (exact) mass is 415 g/mol. The Morgan fingerprint density at radius 2 is 1.79 bits per heavy atom. The summed E-state index contributed by atoms with van der Waals surface area (Å²) in [6, 6.07) is 5.21. The first-order valence-electron chi connectivity index (χ1n) is 11.6. The molecular formula is C23H33N3O2S. The van der Waals surface area contributed by atoms with Gasteiger partial charge in [-0.3, -0.25) is 14.6 Å². The molecule has 158 valence electrons. The molecular weight excluding hydrogens is 382 g/mol. The molecule has 5 nitrogen and oxygen atoms in total. The molecule has 0 radical (unpaired) electrons. The highest BCUT2D eigenvalue weighted by Gasteiger charge is 2.39. The van der Waals surface area contributed by atoms with Crippen LogP contribution in [0.1, 0.15) is 36.4 Å². The first kappa shape index (κ1) is 18.9. The van der Waals surface area contributed by atoms with E-state index in [2.05, 4.69) is 38.3 Å². The lowest BCUT2D eigenvalue weighted by Gasteiger charge is -2.46. The van der Waals surface area contributed by atoms with E-state index in [0.29, 0.717) is 23.7 Å². The SMILES string of the molecule is O=c1c(CN2C[C@H]3COC[C@H]3C2)ccc2n1C[C@H]1C[C@@H]2CN(C2CCSCC2)C1. The van der Waals surface area contributed by atoms with Crippen LogP contribution in [0, 0.1) is 17.8 Å². The van der Waals surface area contributed by atoms with E-state index < -0.39 is 0 Å². The lowest BCUT2D eigenvalue weighted by atomic mass is 9.82. The predicted molar refractivity (Wildman–Crippen MR) is 117 cm³/mol. The van der Waals surface area contributed by atoms with E-state index in [1.807, 2.05) is 0 Å². The molecule has 0 saturated carbocycles. The fraction of sp³-hybridized carbons (Fsp3) is 0.783. The van der Waals surface area contributed by atoms with Gasteiger partial charge in [-0.2, -0.15) is 11.8 Å². The van der Waals surface area contributed by atoms with Crippen molar-refractivity contribution in [1.82, 2.24) is 14.4 Å². The molecule has 0 N–H and O–H groups in total. The molecule has 4 fully saturated rings. The van der Waals surface area contributed by atoms with Crippen molar-refractivity contribution in [2.45, 2.75) is 44.3 Å². The molecule has 4 atom stereocenters. The minimum absolute atomic E-state index is 0.285. The Labute approximate surface area is 177 Å². The molecule has 5 aliphatic heterocycles. The Morgan fingerprint density at radius 1 is 1.00 bits per heavy atom. The summed E-state index contributed by atoms with van der Waals surface area (Å²) in [5, 5.41) is 0. The second kappa shape index (κ2) is 7.70. The number of thioether (sulfide) groups is 1. The fourth-order valence-corrected chi connectivity index (χ4v) is 7.73. The number of pyridine rings is 1. The van der Waals surface area contributed by atoms with Gasteiger partial charge in [-0.1, -0.05) is 6.07 Å². The number of aromatic nitrogens is 1. The van der Waals surface area contributed by atoms with Crippen LogP contribution in [0.15, 0.2) is 16.9 Å². The van der Waals surface area contributed by atoms with Crippen LogP contribution in [-0.4, -0.2) is 71.3 Å². The largest absolute Gasteiger partial charge is 0.381 e. The van der Waals surface area contributed by atoms with Crippen LogP contribution in [0.3, 0.4) is 0 Å². The number of hydrogen-bond donors (Lipinski definition) is 0. The summed E-state index contributed by atoms with van der Waals surface area (Å²) in [5.74, 6) is 5.19. The number of rotatable bonds is 3. The zero-order valence-electron chi connectivity index (χ0n) is 17.3. The molecule has 6 rings (SSSR count). The molecule has 0 spiro atoms. The Bertz CT molecular complexity index is 809. The van der Waals surface area contributed by atoms with Gasteiger partial charge < -0.3 is 9.30 Å². The van der Waals surface area contributed by atoms with Gasteiger partial charge >= 0.3 is 0 Å². The second-order valence-corrected chi connectivity index (χ2v) is 11.3. The molecule has 4 saturated heterocycles. The van der Waals surface area contributed by atoms with Crippen molar-refractivity contribution in [3.05, 3.63) is 33.7 Å². The van der Waals surface area contributed by atoms with E-state index in [9.17, 15) is 4.79 Å². The highest BCUT2D eigenvalue weighted by molar-refractivity contribution is 7.99. The Balaban J connectivity index is 1.20. The van der Waals surface area contributed by atoms with Crippen molar-refractivity contribution in [2.75, 3.05) is 50.9 Å². The van der Waals surface area contributed by atoms with Crippen molar-refractivity contribution >= 4 is 11.8 Å². The number of nitrogens with zero attached hydrogens (tertiary/aromatic N) is 3. The van der Waals surface area contributed by atoms with Crippen molar-refractivity contribution in [3.8, 4) is 0 Å². The van der Waals surface area contributed by atoms with Crippen LogP contribution < -0.4 is 5.56 Å². The highest BCUT2D eigenvalue weighted by atomic mass is 32.2. The Morgan fingerprint density at radius 3 is 2.59 bits per heavy atom. The summed E-state index contributed by atoms with van der Waals surface area (Å²) < 4.78 is 7.76. The van der Waals surface area contributed by atoms with Gasteiger partial charge in [-0.05, 0) is 42.8 Å². The van der Waals surface area contributed by atoms with Gasteiger partial charge in [-0.25, -0.2) is 0 Å². The molecule has 0 aliphatic carbocycles. The van der Waals surface area contributed by atoms with Gasteiger partial charge in [0.25, 0.3) is 5.56 Å². The third kappa shape index (κ3) is 3.50. The standard InChI is InChI=1S/C23H33N3O2S/c27-23-17(10-24-11-19-14-28-15-20(19)12-24)1-2-22-18-7-16(9-26(22)23)8-25(13-18)21-3-5-29-6-4-21/h1-2,16,18-21H,3-15H2/t16-,18+,19-,20+/m0/s1. The number of ether oxygens (including phenoxy) is 1. The molecule has 5 aliphatic rings. The average molecular weight is 416 g/mol. The van der Waals surface area contributed by atoms with Gasteiger partial charge in [0.1, 0.15) is 0 Å². The first-order valence-corrected chi connectivity index (χ1v) is 12.7. The van der Waals surface area contributed by atoms with Crippen molar-refractivity contribution in [1.29, 1.82) is 0 Å². The second-order valence-electron chi connectivity index (χ2n) is 10.0. The lowest BCUT2D eigenvalue weighted by molar-refractivity contribution is 0.0772. The molecule has 2 bridgehead atoms. The predicted octanol–water partition coefficient (Wildman–Crippen LogP) is 2.24. The van der Waals surface area contributed by atoms with Crippen LogP contribution >= 0.6 is 11.8 Å². The summed E-state index contributed by atoms with van der Waals surface area (Å²) in [4.78, 5) is 18.6. The normalized spacial score (nSPS) is 35.6. The van der Waals surface area contributed by atoms with Crippen molar-refractivity contribution < 1.29 is 4.74 Å². The van der Waals surface area contributed by atoms with E-state index in [1.54, 1.807) is 0 Å². The van der Waals surface area contributed by atoms with Crippen molar-refractivity contribution in [3.63, 3.8) is 0 Å². The highest BCUT2D eigenvalue weighted by Crippen LogP contribution is 2.38. The molecule has 0 unspecified atom stereocenters. The third-order valence-corrected chi connectivity index (χ3v) is 9.18. The van der Waals surface area contributed by atoms with Gasteiger partial charge in [0.2, 0.25) is 0 Å². The van der Waals surface area contributed by atoms with Crippen LogP contribution in [0.4, 0.5) is 0 Å². The first-order chi connectivity index (χ1) is 14.2. The summed E-state index contributed by atoms with van der Waals surface area (Å²) in [6.07, 6.45) is 3.96. The molecule has 0 aromatic carbocycles. The number of fused-ring (bicyclic) bond motifs is 5. The maximum atomic E-state index is 13.4. The zero-order chi connectivity index (χ0) is 19.4. The van der Waals surface area contributed by atoms with E-state index in [4.69, 9.17) is 4.74 Å². The van der Waals surface area contributed by atoms with Gasteiger partial charge in [-0.15, -0.1) is 0 Å². The summed E-state index contributed by atoms with van der Waals surface area (Å²) in [6.45, 7) is 8.08. The topological polar surface area (TPSA) is 37.7 Å². The molecule has 6 heterocycles. The average Bonchev–Trinajstić information content (AvgIpc) is 3.33. The summed E-state index contributed by atoms with van der Waals surface area (Å²) >= 11 is 2.11. The van der Waals surface area contributed by atoms with E-state index in [0.717, 1.165) is 57.5 Å². The van der Waals surface area contributed by atoms with Crippen LogP contribution in [-0.2, 0) is 17.8 Å². The number of hydrogen-bond acceptors (Lipinski definition) is 5.